The number of hydrogen-bond acceptors (Lipinski definition) is 2. The van der Waals surface area contributed by atoms with E-state index in [2.05, 4.69) is 0 Å². The van der Waals surface area contributed by atoms with Crippen molar-refractivity contribution < 1.29 is 8.42 Å². The molecule has 22 heavy (non-hydrogen) atoms. The molecule has 0 N–H and O–H groups in total. The van der Waals surface area contributed by atoms with Gasteiger partial charge in [0.25, 0.3) is 0 Å². The third-order valence-electron chi connectivity index (χ3n) is 3.39. The molecule has 110 valence electrons. The molecular formula is C18H13ClO2S. The first-order valence-corrected chi connectivity index (χ1v) is 8.60. The Bertz CT molecular complexity index is 886. The molecule has 3 aromatic carbocycles. The monoisotopic (exact) mass is 328 g/mol. The van der Waals surface area contributed by atoms with E-state index in [4.69, 9.17) is 11.6 Å². The van der Waals surface area contributed by atoms with Crippen LogP contribution < -0.4 is 0 Å². The zero-order valence-corrected chi connectivity index (χ0v) is 13.2. The average Bonchev–Trinajstić information content (AvgIpc) is 2.56. The van der Waals surface area contributed by atoms with Crippen molar-refractivity contribution >= 4 is 21.4 Å². The maximum absolute atomic E-state index is 12.9. The molecular weight excluding hydrogens is 316 g/mol. The van der Waals surface area contributed by atoms with E-state index in [1.165, 1.54) is 0 Å². The molecule has 0 unspecified atom stereocenters. The van der Waals surface area contributed by atoms with Crippen LogP contribution in [0.15, 0.2) is 88.7 Å². The van der Waals surface area contributed by atoms with Gasteiger partial charge in [0.2, 0.25) is 9.84 Å². The van der Waals surface area contributed by atoms with E-state index in [9.17, 15) is 8.42 Å². The van der Waals surface area contributed by atoms with Crippen LogP contribution in [0, 0.1) is 0 Å². The Kier molecular flexibility index (Phi) is 4.01. The van der Waals surface area contributed by atoms with Gasteiger partial charge in [0.15, 0.2) is 0 Å². The van der Waals surface area contributed by atoms with E-state index >= 15 is 0 Å². The smallest absolute Gasteiger partial charge is 0.207 e. The summed E-state index contributed by atoms with van der Waals surface area (Å²) in [5, 5.41) is 0.618. The highest BCUT2D eigenvalue weighted by molar-refractivity contribution is 7.91. The average molecular weight is 329 g/mol. The van der Waals surface area contributed by atoms with Gasteiger partial charge < -0.3 is 0 Å². The van der Waals surface area contributed by atoms with Gasteiger partial charge in [-0.15, -0.1) is 0 Å². The van der Waals surface area contributed by atoms with Gasteiger partial charge in [0.05, 0.1) is 9.79 Å². The second kappa shape index (κ2) is 5.95. The molecule has 0 saturated heterocycles. The van der Waals surface area contributed by atoms with Gasteiger partial charge in [-0.2, -0.15) is 0 Å². The Morgan fingerprint density at radius 1 is 0.682 bits per heavy atom. The number of benzene rings is 3. The van der Waals surface area contributed by atoms with Crippen molar-refractivity contribution in [1.82, 2.24) is 0 Å². The molecule has 0 bridgehead atoms. The highest BCUT2D eigenvalue weighted by Crippen LogP contribution is 2.31. The van der Waals surface area contributed by atoms with Crippen molar-refractivity contribution in [3.05, 3.63) is 83.9 Å². The molecule has 3 rings (SSSR count). The fourth-order valence-corrected chi connectivity index (χ4v) is 3.92. The van der Waals surface area contributed by atoms with Crippen molar-refractivity contribution in [3.8, 4) is 11.1 Å². The van der Waals surface area contributed by atoms with Gasteiger partial charge in [0, 0.05) is 10.6 Å². The Balaban J connectivity index is 2.19. The van der Waals surface area contributed by atoms with E-state index < -0.39 is 9.84 Å². The zero-order chi connectivity index (χ0) is 15.6. The minimum absolute atomic E-state index is 0.288. The van der Waals surface area contributed by atoms with Crippen LogP contribution in [0.5, 0.6) is 0 Å². The summed E-state index contributed by atoms with van der Waals surface area (Å²) in [4.78, 5) is 0.583. The predicted molar refractivity (Wildman–Crippen MR) is 88.8 cm³/mol. The van der Waals surface area contributed by atoms with Crippen LogP contribution in [-0.2, 0) is 9.84 Å². The first-order valence-electron chi connectivity index (χ1n) is 6.74. The molecule has 0 amide bonds. The first-order chi connectivity index (χ1) is 10.6. The fourth-order valence-electron chi connectivity index (χ4n) is 2.30. The molecule has 0 aromatic heterocycles. The molecule has 0 spiro atoms. The molecule has 4 heteroatoms. The summed E-state index contributed by atoms with van der Waals surface area (Å²) in [6.07, 6.45) is 0. The predicted octanol–water partition coefficient (Wildman–Crippen LogP) is 4.84. The highest BCUT2D eigenvalue weighted by atomic mass is 35.5. The molecule has 0 aliphatic rings. The van der Waals surface area contributed by atoms with E-state index in [1.807, 2.05) is 18.2 Å². The Hall–Kier alpha value is -2.10. The number of rotatable bonds is 3. The highest BCUT2D eigenvalue weighted by Gasteiger charge is 2.21. The Morgan fingerprint density at radius 2 is 1.27 bits per heavy atom. The molecule has 0 radical (unpaired) electrons. The summed E-state index contributed by atoms with van der Waals surface area (Å²) in [6.45, 7) is 0. The van der Waals surface area contributed by atoms with Crippen LogP contribution in [0.2, 0.25) is 5.02 Å². The quantitative estimate of drug-likeness (QED) is 0.689. The second-order valence-electron chi connectivity index (χ2n) is 4.82. The maximum Gasteiger partial charge on any atom is 0.207 e. The van der Waals surface area contributed by atoms with Crippen molar-refractivity contribution in [1.29, 1.82) is 0 Å². The van der Waals surface area contributed by atoms with E-state index in [-0.39, 0.29) is 4.90 Å². The Morgan fingerprint density at radius 3 is 1.95 bits per heavy atom. The van der Waals surface area contributed by atoms with Gasteiger partial charge in [-0.25, -0.2) is 8.42 Å². The molecule has 0 aliphatic carbocycles. The van der Waals surface area contributed by atoms with Gasteiger partial charge >= 0.3 is 0 Å². The van der Waals surface area contributed by atoms with Crippen molar-refractivity contribution in [2.24, 2.45) is 0 Å². The summed E-state index contributed by atoms with van der Waals surface area (Å²) in [6, 6.07) is 22.6. The molecule has 0 saturated carbocycles. The lowest BCUT2D eigenvalue weighted by Gasteiger charge is -2.11. The van der Waals surface area contributed by atoms with Crippen LogP contribution in [-0.4, -0.2) is 8.42 Å². The van der Waals surface area contributed by atoms with Gasteiger partial charge in [-0.1, -0.05) is 60.1 Å². The lowest BCUT2D eigenvalue weighted by atomic mass is 10.1. The van der Waals surface area contributed by atoms with E-state index in [1.54, 1.807) is 60.7 Å². The molecule has 0 atom stereocenters. The zero-order valence-electron chi connectivity index (χ0n) is 11.6. The van der Waals surface area contributed by atoms with Crippen molar-refractivity contribution in [2.45, 2.75) is 9.79 Å². The second-order valence-corrected chi connectivity index (χ2v) is 7.17. The normalized spacial score (nSPS) is 11.3. The molecule has 0 fully saturated rings. The van der Waals surface area contributed by atoms with E-state index in [0.717, 1.165) is 5.56 Å². The summed E-state index contributed by atoms with van der Waals surface area (Å²) in [5.41, 5.74) is 1.49. The molecule has 0 heterocycles. The summed E-state index contributed by atoms with van der Waals surface area (Å²) < 4.78 is 25.7. The summed E-state index contributed by atoms with van der Waals surface area (Å²) in [5.74, 6) is 0. The van der Waals surface area contributed by atoms with Gasteiger partial charge in [-0.05, 0) is 35.9 Å². The number of sulfone groups is 1. The largest absolute Gasteiger partial charge is 0.218 e. The SMILES string of the molecule is O=S(=O)(c1ccccc1)c1ccccc1-c1ccc(Cl)cc1. The third-order valence-corrected chi connectivity index (χ3v) is 5.47. The Labute approximate surface area is 134 Å². The first kappa shape index (κ1) is 14.8. The van der Waals surface area contributed by atoms with Crippen LogP contribution in [0.25, 0.3) is 11.1 Å². The minimum Gasteiger partial charge on any atom is -0.218 e. The number of halogens is 1. The standard InChI is InChI=1S/C18H13ClO2S/c19-15-12-10-14(11-13-15)17-8-4-5-9-18(17)22(20,21)16-6-2-1-3-7-16/h1-13H. The minimum atomic E-state index is -3.56. The molecule has 0 aliphatic heterocycles. The topological polar surface area (TPSA) is 34.1 Å². The summed E-state index contributed by atoms with van der Waals surface area (Å²) in [7, 11) is -3.56. The van der Waals surface area contributed by atoms with Gasteiger partial charge in [0.1, 0.15) is 0 Å². The van der Waals surface area contributed by atoms with Crippen LogP contribution >= 0.6 is 11.6 Å². The third kappa shape index (κ3) is 2.78. The van der Waals surface area contributed by atoms with Gasteiger partial charge in [-0.3, -0.25) is 0 Å². The van der Waals surface area contributed by atoms with Crippen molar-refractivity contribution in [2.75, 3.05) is 0 Å². The maximum atomic E-state index is 12.9. The lowest BCUT2D eigenvalue weighted by Crippen LogP contribution is -2.03. The van der Waals surface area contributed by atoms with Crippen LogP contribution in [0.4, 0.5) is 0 Å². The lowest BCUT2D eigenvalue weighted by molar-refractivity contribution is 0.596. The van der Waals surface area contributed by atoms with Crippen LogP contribution in [0.1, 0.15) is 0 Å². The van der Waals surface area contributed by atoms with Crippen LogP contribution in [0.3, 0.4) is 0 Å². The molecule has 2 nitrogen and oxygen atoms in total. The fraction of sp³-hybridized carbons (Fsp3) is 0. The van der Waals surface area contributed by atoms with E-state index in [0.29, 0.717) is 15.5 Å². The summed E-state index contributed by atoms with van der Waals surface area (Å²) >= 11 is 5.91. The van der Waals surface area contributed by atoms with Crippen molar-refractivity contribution in [3.63, 3.8) is 0 Å². The number of hydrogen-bond donors (Lipinski definition) is 0. The molecule has 3 aromatic rings.